The molecule has 0 aliphatic heterocycles. The topological polar surface area (TPSA) is 111 Å². The number of allylic oxidation sites excluding steroid dienone is 26. The summed E-state index contributed by atoms with van der Waals surface area (Å²) in [7, 11) is 1.12. The standard InChI is InChI=1S/C68H110NO8P/c1-6-8-10-12-14-16-18-20-21-22-23-24-25-26-27-28-29-30-31-32-33-34-35-36-37-38-39-40-41-42-43-44-45-46-47-49-51-53-55-57-59-61-68(71)77-66(65-76-78(72,73)75-63-62-69(3,4)5)64-74-67(70)60-58-56-54-52-50-48-19-17-15-13-11-9-7-2/h8,10,14,16-17,19-21,23-24,26-27,29-30,32-33,35-36,38-39,41-42,44-45,47,49,66H,6-7,9,11-13,15,18,22,25,28,31,34,37,40,43,46,48,50-65H2,1-5H3/b10-8-,16-14-,19-17-,21-20-,24-23-,27-26-,30-29-,33-32-,36-35-,39-38-,42-41-,45-44-,49-47-. The highest BCUT2D eigenvalue weighted by Crippen LogP contribution is 2.38. The van der Waals surface area contributed by atoms with E-state index in [1.54, 1.807) is 0 Å². The zero-order valence-electron chi connectivity index (χ0n) is 49.8. The summed E-state index contributed by atoms with van der Waals surface area (Å²) in [6.45, 7) is 4.03. The predicted molar refractivity (Wildman–Crippen MR) is 332 cm³/mol. The van der Waals surface area contributed by atoms with Crippen molar-refractivity contribution in [3.8, 4) is 0 Å². The lowest BCUT2D eigenvalue weighted by Crippen LogP contribution is -2.37. The van der Waals surface area contributed by atoms with Gasteiger partial charge in [0.25, 0.3) is 7.82 Å². The highest BCUT2D eigenvalue weighted by Gasteiger charge is 2.21. The average Bonchev–Trinajstić information content (AvgIpc) is 3.40. The lowest BCUT2D eigenvalue weighted by Gasteiger charge is -2.28. The average molecular weight is 1100 g/mol. The number of unbranched alkanes of at least 4 members (excludes halogenated alkanes) is 13. The molecule has 0 radical (unpaired) electrons. The van der Waals surface area contributed by atoms with Crippen molar-refractivity contribution in [1.29, 1.82) is 0 Å². The number of quaternary nitrogens is 1. The van der Waals surface area contributed by atoms with Crippen molar-refractivity contribution in [1.82, 2.24) is 0 Å². The summed E-state index contributed by atoms with van der Waals surface area (Å²) >= 11 is 0. The van der Waals surface area contributed by atoms with Gasteiger partial charge in [0.1, 0.15) is 19.8 Å². The predicted octanol–water partition coefficient (Wildman–Crippen LogP) is 18.6. The van der Waals surface area contributed by atoms with Gasteiger partial charge >= 0.3 is 11.9 Å². The van der Waals surface area contributed by atoms with E-state index in [9.17, 15) is 19.0 Å². The number of phosphoric acid groups is 1. The first-order valence-corrected chi connectivity index (χ1v) is 31.7. The maximum absolute atomic E-state index is 12.8. The molecule has 0 bridgehead atoms. The molecule has 0 rings (SSSR count). The molecule has 2 atom stereocenters. The molecule has 78 heavy (non-hydrogen) atoms. The van der Waals surface area contributed by atoms with Crippen LogP contribution in [0.5, 0.6) is 0 Å². The van der Waals surface area contributed by atoms with Gasteiger partial charge in [0.15, 0.2) is 6.10 Å². The lowest BCUT2D eigenvalue weighted by atomic mass is 10.1. The Morgan fingerprint density at radius 3 is 1.10 bits per heavy atom. The van der Waals surface area contributed by atoms with E-state index in [0.29, 0.717) is 23.9 Å². The highest BCUT2D eigenvalue weighted by molar-refractivity contribution is 7.45. The van der Waals surface area contributed by atoms with Crippen LogP contribution in [-0.4, -0.2) is 70.0 Å². The Labute approximate surface area is 477 Å². The lowest BCUT2D eigenvalue weighted by molar-refractivity contribution is -0.870. The molecule has 0 fully saturated rings. The molecule has 9 nitrogen and oxygen atoms in total. The highest BCUT2D eigenvalue weighted by atomic mass is 31.2. The Balaban J connectivity index is 4.18. The van der Waals surface area contributed by atoms with Crippen LogP contribution in [0.15, 0.2) is 158 Å². The normalized spacial score (nSPS) is 14.4. The molecule has 0 aromatic heterocycles. The van der Waals surface area contributed by atoms with Crippen molar-refractivity contribution in [2.45, 2.75) is 213 Å². The van der Waals surface area contributed by atoms with E-state index < -0.39 is 32.5 Å². The number of ether oxygens (including phenoxy) is 2. The van der Waals surface area contributed by atoms with Crippen LogP contribution in [0.3, 0.4) is 0 Å². The maximum Gasteiger partial charge on any atom is 0.306 e. The van der Waals surface area contributed by atoms with Gasteiger partial charge in [-0.05, 0) is 128 Å². The summed E-state index contributed by atoms with van der Waals surface area (Å²) in [5.41, 5.74) is 0. The van der Waals surface area contributed by atoms with Crippen LogP contribution < -0.4 is 4.89 Å². The van der Waals surface area contributed by atoms with Gasteiger partial charge in [0.05, 0.1) is 27.7 Å². The molecule has 440 valence electrons. The van der Waals surface area contributed by atoms with Gasteiger partial charge in [-0.15, -0.1) is 0 Å². The Morgan fingerprint density at radius 1 is 0.410 bits per heavy atom. The molecule has 0 saturated heterocycles. The Hall–Kier alpha value is -4.37. The van der Waals surface area contributed by atoms with Crippen LogP contribution in [0.25, 0.3) is 0 Å². The second-order valence-corrected chi connectivity index (χ2v) is 22.0. The number of hydrogen-bond donors (Lipinski definition) is 0. The van der Waals surface area contributed by atoms with E-state index in [0.717, 1.165) is 135 Å². The molecule has 0 aliphatic rings. The van der Waals surface area contributed by atoms with E-state index >= 15 is 0 Å². The minimum atomic E-state index is -4.65. The number of rotatable bonds is 53. The molecule has 0 aromatic carbocycles. The largest absolute Gasteiger partial charge is 0.756 e. The van der Waals surface area contributed by atoms with Crippen molar-refractivity contribution in [2.24, 2.45) is 0 Å². The second-order valence-electron chi connectivity index (χ2n) is 20.6. The SMILES string of the molecule is CC/C=C\C/C=C\C/C=C\C/C=C\C/C=C\C/C=C\C/C=C\C/C=C\C/C=C\C/C=C\C/C=C\C/C=C\CCCCCCC(=O)OC(COC(=O)CCCCCCC/C=C\CCCCCC)COP(=O)([O-])OCC[N+](C)(C)C. The molecule has 0 aromatic rings. The number of hydrogen-bond acceptors (Lipinski definition) is 8. The molecule has 0 amide bonds. The number of carbonyl (C=O) groups is 2. The van der Waals surface area contributed by atoms with Gasteiger partial charge in [-0.2, -0.15) is 0 Å². The van der Waals surface area contributed by atoms with Crippen LogP contribution in [0.2, 0.25) is 0 Å². The van der Waals surface area contributed by atoms with Crippen molar-refractivity contribution in [3.05, 3.63) is 158 Å². The minimum absolute atomic E-state index is 0.0455. The Bertz CT molecular complexity index is 1870. The monoisotopic (exact) mass is 1100 g/mol. The van der Waals surface area contributed by atoms with E-state index in [1.165, 1.54) is 32.1 Å². The first kappa shape index (κ1) is 73.6. The van der Waals surface area contributed by atoms with Crippen molar-refractivity contribution in [2.75, 3.05) is 47.5 Å². The van der Waals surface area contributed by atoms with Crippen molar-refractivity contribution >= 4 is 19.8 Å². The van der Waals surface area contributed by atoms with Crippen molar-refractivity contribution < 1.29 is 42.1 Å². The third kappa shape index (κ3) is 60.9. The van der Waals surface area contributed by atoms with Crippen LogP contribution in [0.4, 0.5) is 0 Å². The maximum atomic E-state index is 12.8. The first-order chi connectivity index (χ1) is 38.0. The van der Waals surface area contributed by atoms with E-state index in [4.69, 9.17) is 18.5 Å². The minimum Gasteiger partial charge on any atom is -0.756 e. The summed E-state index contributed by atoms with van der Waals surface area (Å²) in [5.74, 6) is -0.886. The zero-order valence-corrected chi connectivity index (χ0v) is 50.7. The molecular weight excluding hydrogens is 990 g/mol. The van der Waals surface area contributed by atoms with E-state index in [1.807, 2.05) is 21.1 Å². The third-order valence-electron chi connectivity index (χ3n) is 12.0. The van der Waals surface area contributed by atoms with Gasteiger partial charge in [-0.25, -0.2) is 0 Å². The third-order valence-corrected chi connectivity index (χ3v) is 13.0. The van der Waals surface area contributed by atoms with Crippen LogP contribution >= 0.6 is 7.82 Å². The Kier molecular flexibility index (Phi) is 54.1. The fourth-order valence-electron chi connectivity index (χ4n) is 7.39. The molecule has 0 aliphatic carbocycles. The summed E-state index contributed by atoms with van der Waals surface area (Å²) in [4.78, 5) is 37.8. The number of nitrogens with zero attached hydrogens (tertiary/aromatic N) is 1. The van der Waals surface area contributed by atoms with Crippen LogP contribution in [0, 0.1) is 0 Å². The number of esters is 2. The van der Waals surface area contributed by atoms with E-state index in [-0.39, 0.29) is 26.1 Å². The van der Waals surface area contributed by atoms with Crippen LogP contribution in [-0.2, 0) is 32.7 Å². The number of carbonyl (C=O) groups excluding carboxylic acids is 2. The van der Waals surface area contributed by atoms with Gasteiger partial charge in [0.2, 0.25) is 0 Å². The molecule has 0 heterocycles. The fourth-order valence-corrected chi connectivity index (χ4v) is 8.12. The van der Waals surface area contributed by atoms with Gasteiger partial charge in [-0.1, -0.05) is 223 Å². The van der Waals surface area contributed by atoms with Crippen LogP contribution in [0.1, 0.15) is 206 Å². The molecule has 0 saturated carbocycles. The first-order valence-electron chi connectivity index (χ1n) is 30.2. The fraction of sp³-hybridized carbons (Fsp3) is 0.588. The quantitative estimate of drug-likeness (QED) is 0.0195. The zero-order chi connectivity index (χ0) is 57.0. The molecule has 10 heteroatoms. The molecule has 0 spiro atoms. The van der Waals surface area contributed by atoms with Crippen molar-refractivity contribution in [3.63, 3.8) is 0 Å². The van der Waals surface area contributed by atoms with Gasteiger partial charge in [-0.3, -0.25) is 14.2 Å². The van der Waals surface area contributed by atoms with Gasteiger partial charge < -0.3 is 27.9 Å². The number of likely N-dealkylation sites (N-methyl/N-ethyl adjacent to an activating group) is 1. The summed E-state index contributed by atoms with van der Waals surface area (Å²) in [6.07, 6.45) is 85.9. The summed E-state index contributed by atoms with van der Waals surface area (Å²) in [6, 6.07) is 0. The molecule has 0 N–H and O–H groups in total. The molecule has 2 unspecified atom stereocenters. The van der Waals surface area contributed by atoms with E-state index in [2.05, 4.69) is 172 Å². The smallest absolute Gasteiger partial charge is 0.306 e. The summed E-state index contributed by atoms with van der Waals surface area (Å²) < 4.78 is 34.0. The summed E-state index contributed by atoms with van der Waals surface area (Å²) in [5, 5.41) is 0. The Morgan fingerprint density at radius 2 is 0.731 bits per heavy atom. The van der Waals surface area contributed by atoms with Gasteiger partial charge in [0, 0.05) is 12.8 Å². The molecular formula is C68H110NO8P. The second kappa shape index (κ2) is 57.3. The number of phosphoric ester groups is 1.